The van der Waals surface area contributed by atoms with Crippen LogP contribution in [0, 0.1) is 11.8 Å². The van der Waals surface area contributed by atoms with E-state index in [4.69, 9.17) is 14.7 Å². The second kappa shape index (κ2) is 23.0. The average Bonchev–Trinajstić information content (AvgIpc) is 4.30. The highest BCUT2D eigenvalue weighted by molar-refractivity contribution is 7.15. The molecule has 4 aromatic carbocycles. The van der Waals surface area contributed by atoms with Crippen LogP contribution in [0.25, 0.3) is 32.0 Å². The second-order valence-electron chi connectivity index (χ2n) is 21.1. The fourth-order valence-electron chi connectivity index (χ4n) is 10.8. The summed E-state index contributed by atoms with van der Waals surface area (Å²) >= 11 is 3.21. The van der Waals surface area contributed by atoms with Gasteiger partial charge in [0.1, 0.15) is 27.7 Å². The minimum Gasteiger partial charge on any atom is -0.444 e. The molecule has 5 amide bonds. The van der Waals surface area contributed by atoms with Gasteiger partial charge in [0.15, 0.2) is 0 Å². The predicted octanol–water partition coefficient (Wildman–Crippen LogP) is 10.3. The van der Waals surface area contributed by atoms with E-state index in [1.165, 1.54) is 0 Å². The van der Waals surface area contributed by atoms with Crippen LogP contribution in [0.4, 0.5) is 4.79 Å². The van der Waals surface area contributed by atoms with Gasteiger partial charge in [0, 0.05) is 50.4 Å². The molecule has 10 rings (SSSR count). The largest absolute Gasteiger partial charge is 0.444 e. The monoisotopic (exact) mass is 1050 g/mol. The lowest BCUT2D eigenvalue weighted by Gasteiger charge is -2.34. The van der Waals surface area contributed by atoms with Crippen LogP contribution in [0.15, 0.2) is 122 Å². The third kappa shape index (κ3) is 12.0. The molecule has 4 saturated heterocycles. The molecule has 0 unspecified atom stereocenters. The maximum Gasteiger partial charge on any atom is 0.410 e. The van der Waals surface area contributed by atoms with E-state index in [0.29, 0.717) is 39.0 Å². The van der Waals surface area contributed by atoms with E-state index in [-0.39, 0.29) is 53.6 Å². The Labute approximate surface area is 447 Å². The minimum absolute atomic E-state index is 0.0612. The van der Waals surface area contributed by atoms with Gasteiger partial charge in [0.05, 0.1) is 21.8 Å². The number of likely N-dealkylation sites (tertiary alicyclic amines) is 3. The first-order valence-electron chi connectivity index (χ1n) is 26.5. The lowest BCUT2D eigenvalue weighted by Crippen LogP contribution is -2.47. The predicted molar refractivity (Wildman–Crippen MR) is 292 cm³/mol. The van der Waals surface area contributed by atoms with Gasteiger partial charge in [-0.15, -0.1) is 22.7 Å². The van der Waals surface area contributed by atoms with Crippen molar-refractivity contribution in [2.45, 2.75) is 102 Å². The Hall–Kier alpha value is -6.75. The van der Waals surface area contributed by atoms with Crippen molar-refractivity contribution >= 4 is 52.4 Å². The van der Waals surface area contributed by atoms with Crippen LogP contribution in [0.1, 0.15) is 117 Å². The summed E-state index contributed by atoms with van der Waals surface area (Å²) in [5, 5.41) is 11.4. The lowest BCUT2D eigenvalue weighted by molar-refractivity contribution is -0.138. The van der Waals surface area contributed by atoms with Gasteiger partial charge in [-0.3, -0.25) is 19.2 Å². The number of hydrogen-bond donors (Lipinski definition) is 3. The molecule has 2 aromatic heterocycles. The number of aromatic nitrogens is 2. The minimum atomic E-state index is -0.853. The van der Waals surface area contributed by atoms with Crippen molar-refractivity contribution in [1.29, 1.82) is 0 Å². The molecular weight excluding hydrogens is 981 g/mol. The van der Waals surface area contributed by atoms with E-state index in [9.17, 15) is 24.0 Å². The molecule has 4 atom stereocenters. The van der Waals surface area contributed by atoms with Crippen LogP contribution in [-0.2, 0) is 23.9 Å². The van der Waals surface area contributed by atoms with Crippen molar-refractivity contribution in [2.24, 2.45) is 11.8 Å². The number of hydrogen-bond acceptors (Lipinski definition) is 11. The Morgan fingerprint density at radius 3 is 1.40 bits per heavy atom. The molecule has 0 radical (unpaired) electrons. The van der Waals surface area contributed by atoms with E-state index < -0.39 is 17.7 Å². The summed E-state index contributed by atoms with van der Waals surface area (Å²) in [5.74, 6) is -0.930. The number of rotatable bonds is 13. The molecule has 0 spiro atoms. The molecule has 6 aromatic rings. The molecule has 0 aliphatic carbocycles. The Morgan fingerprint density at radius 2 is 0.973 bits per heavy atom. The number of amides is 5. The average molecular weight is 1050 g/mol. The lowest BCUT2D eigenvalue weighted by atomic mass is 9.95. The fraction of sp³-hybridized carbons (Fsp3) is 0.407. The van der Waals surface area contributed by atoms with Gasteiger partial charge in [0.2, 0.25) is 23.6 Å². The molecule has 6 heterocycles. The van der Waals surface area contributed by atoms with E-state index >= 15 is 0 Å². The molecule has 3 N–H and O–H groups in total. The van der Waals surface area contributed by atoms with Gasteiger partial charge in [-0.1, -0.05) is 109 Å². The number of nitrogens with zero attached hydrogens (tertiary/aromatic N) is 5. The third-order valence-electron chi connectivity index (χ3n) is 14.9. The number of ether oxygens (including phenoxy) is 1. The quantitative estimate of drug-likeness (QED) is 0.102. The van der Waals surface area contributed by atoms with Gasteiger partial charge in [0.25, 0.3) is 0 Å². The standard InChI is InChI=1S/C59H66N8O6S2/c1-59(2,3)73-58(72)65-34-28-45(29-35-65)53(69)64-51(43-14-8-5-9-15-43)57(71)67-33-11-17-47(67)55-62-37-49(75-55)41-24-20-39(21-25-41)38-18-22-40(23-19-38)48-36-61-54(74-48)46-16-10-32-66(46)56(70)50(42-12-6-4-7-13-42)63-52(68)44-26-30-60-31-27-44/h4-9,12-15,18-25,36-37,44-47,50-51,60H,10-11,16-17,26-35H2,1-3H3,(H,63,68)(H,64,69)/t46-,47-,50+,51+/m0/s1. The Morgan fingerprint density at radius 1 is 0.560 bits per heavy atom. The van der Waals surface area contributed by atoms with Crippen molar-refractivity contribution in [3.63, 3.8) is 0 Å². The zero-order chi connectivity index (χ0) is 52.1. The van der Waals surface area contributed by atoms with Crippen LogP contribution in [0.3, 0.4) is 0 Å². The van der Waals surface area contributed by atoms with Crippen LogP contribution in [0.5, 0.6) is 0 Å². The molecule has 0 bridgehead atoms. The summed E-state index contributed by atoms with van der Waals surface area (Å²) in [6.07, 6.45) is 9.23. The molecule has 4 aliphatic heterocycles. The molecule has 16 heteroatoms. The van der Waals surface area contributed by atoms with Gasteiger partial charge in [-0.25, -0.2) is 14.8 Å². The van der Waals surface area contributed by atoms with Crippen molar-refractivity contribution in [2.75, 3.05) is 39.3 Å². The van der Waals surface area contributed by atoms with Gasteiger partial charge >= 0.3 is 6.09 Å². The fourth-order valence-corrected chi connectivity index (χ4v) is 13.0. The normalized spacial score (nSPS) is 19.4. The Kier molecular flexibility index (Phi) is 15.9. The summed E-state index contributed by atoms with van der Waals surface area (Å²) in [6.45, 7) is 9.13. The molecule has 75 heavy (non-hydrogen) atoms. The summed E-state index contributed by atoms with van der Waals surface area (Å²) in [6, 6.07) is 34.0. The zero-order valence-electron chi connectivity index (χ0n) is 42.9. The third-order valence-corrected chi connectivity index (χ3v) is 17.2. The van der Waals surface area contributed by atoms with Gasteiger partial charge < -0.3 is 35.4 Å². The second-order valence-corrected chi connectivity index (χ2v) is 23.3. The first-order valence-corrected chi connectivity index (χ1v) is 28.1. The van der Waals surface area contributed by atoms with E-state index in [1.54, 1.807) is 27.6 Å². The van der Waals surface area contributed by atoms with Gasteiger partial charge in [-0.05, 0) is 119 Å². The van der Waals surface area contributed by atoms with Crippen molar-refractivity contribution in [1.82, 2.24) is 40.6 Å². The van der Waals surface area contributed by atoms with E-state index in [1.807, 2.05) is 104 Å². The summed E-state index contributed by atoms with van der Waals surface area (Å²) < 4.78 is 5.55. The molecule has 4 aliphatic rings. The van der Waals surface area contributed by atoms with Crippen LogP contribution in [-0.4, -0.2) is 99.3 Å². The topological polar surface area (TPSA) is 166 Å². The Bertz CT molecular complexity index is 2950. The van der Waals surface area contributed by atoms with Gasteiger partial charge in [-0.2, -0.15) is 0 Å². The highest BCUT2D eigenvalue weighted by atomic mass is 32.1. The highest BCUT2D eigenvalue weighted by Crippen LogP contribution is 2.41. The first kappa shape index (κ1) is 51.7. The molecule has 390 valence electrons. The number of nitrogens with one attached hydrogen (secondary N) is 3. The zero-order valence-corrected chi connectivity index (χ0v) is 44.5. The number of benzene rings is 4. The maximum absolute atomic E-state index is 14.6. The number of thiazole rings is 2. The van der Waals surface area contributed by atoms with E-state index in [2.05, 4.69) is 64.5 Å². The molecule has 0 saturated carbocycles. The SMILES string of the molecule is CC(C)(C)OC(=O)N1CCC(C(=O)N[C@@H](C(=O)N2CCC[C@H]2c2ncc(-c3ccc(-c4ccc(-c5cnc([C@@H]6CCCN6C(=O)[C@H](NC(=O)C6CCNCC6)c6ccccc6)s5)cc4)cc3)s2)c2ccccc2)CC1. The smallest absolute Gasteiger partial charge is 0.410 e. The first-order chi connectivity index (χ1) is 36.4. The number of piperidine rings is 2. The van der Waals surface area contributed by atoms with Crippen molar-refractivity contribution < 1.29 is 28.7 Å². The summed E-state index contributed by atoms with van der Waals surface area (Å²) in [7, 11) is 0. The van der Waals surface area contributed by atoms with Crippen LogP contribution >= 0.6 is 22.7 Å². The number of carbonyl (C=O) groups is 5. The van der Waals surface area contributed by atoms with Crippen LogP contribution < -0.4 is 16.0 Å². The van der Waals surface area contributed by atoms with Crippen LogP contribution in [0.2, 0.25) is 0 Å². The maximum atomic E-state index is 14.6. The number of carbonyl (C=O) groups excluding carboxylic acids is 5. The van der Waals surface area contributed by atoms with E-state index in [0.717, 1.165) is 105 Å². The Balaban J connectivity index is 0.770. The molecular formula is C59H66N8O6S2. The molecule has 14 nitrogen and oxygen atoms in total. The summed E-state index contributed by atoms with van der Waals surface area (Å²) in [5.41, 5.74) is 5.17. The highest BCUT2D eigenvalue weighted by Gasteiger charge is 2.40. The van der Waals surface area contributed by atoms with Crippen molar-refractivity contribution in [3.8, 4) is 32.0 Å². The molecule has 4 fully saturated rings. The summed E-state index contributed by atoms with van der Waals surface area (Å²) in [4.78, 5) is 86.2. The van der Waals surface area contributed by atoms with Crippen molar-refractivity contribution in [3.05, 3.63) is 143 Å².